The fourth-order valence-electron chi connectivity index (χ4n) is 3.24. The number of aromatic nitrogens is 2. The van der Waals surface area contributed by atoms with E-state index in [9.17, 15) is 14.7 Å². The number of aliphatic carboxylic acids is 1. The van der Waals surface area contributed by atoms with Crippen LogP contribution in [0.4, 0.5) is 0 Å². The Morgan fingerprint density at radius 2 is 2.00 bits per heavy atom. The van der Waals surface area contributed by atoms with E-state index in [0.29, 0.717) is 12.2 Å². The topological polar surface area (TPSA) is 98.2 Å². The SMILES string of the molecule is CCn1nc([C@@H](C(=O)O)C2CCCCCC2)cc1C(N)=O. The van der Waals surface area contributed by atoms with Gasteiger partial charge in [0.1, 0.15) is 11.6 Å². The maximum absolute atomic E-state index is 11.7. The zero-order valence-corrected chi connectivity index (χ0v) is 12.4. The van der Waals surface area contributed by atoms with Gasteiger partial charge in [-0.15, -0.1) is 0 Å². The quantitative estimate of drug-likeness (QED) is 0.812. The van der Waals surface area contributed by atoms with E-state index in [-0.39, 0.29) is 11.6 Å². The number of primary amides is 1. The van der Waals surface area contributed by atoms with Gasteiger partial charge in [0.25, 0.3) is 5.91 Å². The lowest BCUT2D eigenvalue weighted by molar-refractivity contribution is -0.140. The number of nitrogens with two attached hydrogens (primary N) is 1. The third kappa shape index (κ3) is 3.43. The van der Waals surface area contributed by atoms with Gasteiger partial charge in [-0.3, -0.25) is 14.3 Å². The van der Waals surface area contributed by atoms with Crippen molar-refractivity contribution in [2.75, 3.05) is 0 Å². The van der Waals surface area contributed by atoms with Crippen LogP contribution in [-0.2, 0) is 11.3 Å². The van der Waals surface area contributed by atoms with Crippen LogP contribution in [0.1, 0.15) is 67.5 Å². The maximum atomic E-state index is 11.7. The molecule has 2 rings (SSSR count). The van der Waals surface area contributed by atoms with Crippen molar-refractivity contribution >= 4 is 11.9 Å². The Morgan fingerprint density at radius 1 is 1.38 bits per heavy atom. The highest BCUT2D eigenvalue weighted by atomic mass is 16.4. The van der Waals surface area contributed by atoms with E-state index in [0.717, 1.165) is 25.7 Å². The molecule has 0 saturated heterocycles. The van der Waals surface area contributed by atoms with Crippen LogP contribution in [0, 0.1) is 5.92 Å². The van der Waals surface area contributed by atoms with Gasteiger partial charge in [-0.1, -0.05) is 25.7 Å². The number of amides is 1. The lowest BCUT2D eigenvalue weighted by Crippen LogP contribution is -2.22. The molecule has 1 amide bonds. The van der Waals surface area contributed by atoms with Crippen molar-refractivity contribution in [2.24, 2.45) is 11.7 Å². The molecule has 0 radical (unpaired) electrons. The van der Waals surface area contributed by atoms with Crippen molar-refractivity contribution in [1.29, 1.82) is 0 Å². The Kier molecular flexibility index (Phi) is 4.98. The average Bonchev–Trinajstić information content (AvgIpc) is 2.67. The minimum atomic E-state index is -0.862. The summed E-state index contributed by atoms with van der Waals surface area (Å²) in [5.74, 6) is -1.99. The molecule has 1 fully saturated rings. The van der Waals surface area contributed by atoms with E-state index in [4.69, 9.17) is 5.73 Å². The Morgan fingerprint density at radius 3 is 2.43 bits per heavy atom. The Labute approximate surface area is 124 Å². The summed E-state index contributed by atoms with van der Waals surface area (Å²) in [4.78, 5) is 23.2. The predicted octanol–water partition coefficient (Wildman–Crippen LogP) is 2.14. The van der Waals surface area contributed by atoms with Crippen molar-refractivity contribution < 1.29 is 14.7 Å². The van der Waals surface area contributed by atoms with Gasteiger partial charge in [0.05, 0.1) is 5.69 Å². The van der Waals surface area contributed by atoms with Crippen LogP contribution in [0.3, 0.4) is 0 Å². The van der Waals surface area contributed by atoms with Gasteiger partial charge < -0.3 is 10.8 Å². The molecule has 1 heterocycles. The van der Waals surface area contributed by atoms with Crippen molar-refractivity contribution in [2.45, 2.75) is 57.9 Å². The number of carboxylic acids is 1. The molecule has 1 aliphatic carbocycles. The minimum Gasteiger partial charge on any atom is -0.481 e. The number of carbonyl (C=O) groups excluding carboxylic acids is 1. The summed E-state index contributed by atoms with van der Waals surface area (Å²) in [5.41, 5.74) is 6.08. The molecular formula is C15H23N3O3. The second-order valence-corrected chi connectivity index (χ2v) is 5.70. The molecule has 116 valence electrons. The Bertz CT molecular complexity index is 516. The fraction of sp³-hybridized carbons (Fsp3) is 0.667. The standard InChI is InChI=1S/C15H23N3O3/c1-2-18-12(14(16)19)9-11(17-18)13(15(20)21)10-7-5-3-4-6-8-10/h9-10,13H,2-8H2,1H3,(H2,16,19)(H,20,21)/t13-/m0/s1. The lowest BCUT2D eigenvalue weighted by Gasteiger charge is -2.20. The number of carboxylic acid groups (broad SMARTS) is 1. The smallest absolute Gasteiger partial charge is 0.312 e. The summed E-state index contributed by atoms with van der Waals surface area (Å²) >= 11 is 0. The molecule has 0 unspecified atom stereocenters. The second kappa shape index (κ2) is 6.74. The van der Waals surface area contributed by atoms with Crippen molar-refractivity contribution in [1.82, 2.24) is 9.78 Å². The predicted molar refractivity (Wildman–Crippen MR) is 78.0 cm³/mol. The van der Waals surface area contributed by atoms with Gasteiger partial charge in [-0.2, -0.15) is 5.10 Å². The maximum Gasteiger partial charge on any atom is 0.312 e. The summed E-state index contributed by atoms with van der Waals surface area (Å²) in [6.07, 6.45) is 6.26. The van der Waals surface area contributed by atoms with Crippen LogP contribution in [0.2, 0.25) is 0 Å². The summed E-state index contributed by atoms with van der Waals surface area (Å²) in [6, 6.07) is 1.55. The average molecular weight is 293 g/mol. The van der Waals surface area contributed by atoms with E-state index in [1.807, 2.05) is 6.92 Å². The molecule has 1 aromatic rings. The van der Waals surface area contributed by atoms with Gasteiger partial charge in [0.15, 0.2) is 0 Å². The normalized spacial score (nSPS) is 18.1. The number of hydrogen-bond donors (Lipinski definition) is 2. The van der Waals surface area contributed by atoms with Crippen LogP contribution in [0.25, 0.3) is 0 Å². The van der Waals surface area contributed by atoms with Gasteiger partial charge in [-0.05, 0) is 31.7 Å². The third-order valence-electron chi connectivity index (χ3n) is 4.31. The first-order valence-electron chi connectivity index (χ1n) is 7.65. The molecule has 1 aromatic heterocycles. The van der Waals surface area contributed by atoms with Crippen LogP contribution in [0.5, 0.6) is 0 Å². The molecule has 3 N–H and O–H groups in total. The molecule has 21 heavy (non-hydrogen) atoms. The molecule has 1 aliphatic rings. The first-order valence-corrected chi connectivity index (χ1v) is 7.65. The summed E-state index contributed by atoms with van der Waals surface area (Å²) in [7, 11) is 0. The first kappa shape index (κ1) is 15.5. The van der Waals surface area contributed by atoms with Crippen molar-refractivity contribution in [3.05, 3.63) is 17.5 Å². The number of rotatable bonds is 5. The number of carbonyl (C=O) groups is 2. The highest BCUT2D eigenvalue weighted by molar-refractivity contribution is 5.91. The summed E-state index contributed by atoms with van der Waals surface area (Å²) in [5, 5.41) is 13.9. The van der Waals surface area contributed by atoms with Crippen LogP contribution < -0.4 is 5.73 Å². The molecular weight excluding hydrogens is 270 g/mol. The van der Waals surface area contributed by atoms with E-state index in [1.165, 1.54) is 17.5 Å². The zero-order valence-electron chi connectivity index (χ0n) is 12.4. The highest BCUT2D eigenvalue weighted by Gasteiger charge is 2.33. The largest absolute Gasteiger partial charge is 0.481 e. The summed E-state index contributed by atoms with van der Waals surface area (Å²) < 4.78 is 1.49. The minimum absolute atomic E-state index is 0.0888. The molecule has 1 saturated carbocycles. The molecule has 0 aromatic carbocycles. The number of nitrogens with zero attached hydrogens (tertiary/aromatic N) is 2. The van der Waals surface area contributed by atoms with E-state index in [2.05, 4.69) is 5.10 Å². The number of aryl methyl sites for hydroxylation is 1. The molecule has 0 spiro atoms. The van der Waals surface area contributed by atoms with E-state index in [1.54, 1.807) is 6.07 Å². The Hall–Kier alpha value is -1.85. The van der Waals surface area contributed by atoms with E-state index < -0.39 is 17.8 Å². The molecule has 6 heteroatoms. The fourth-order valence-corrected chi connectivity index (χ4v) is 3.24. The molecule has 1 atom stereocenters. The van der Waals surface area contributed by atoms with Gasteiger partial charge in [0, 0.05) is 6.54 Å². The van der Waals surface area contributed by atoms with Gasteiger partial charge in [0.2, 0.25) is 0 Å². The summed E-state index contributed by atoms with van der Waals surface area (Å²) in [6.45, 7) is 2.35. The van der Waals surface area contributed by atoms with Crippen LogP contribution in [-0.4, -0.2) is 26.8 Å². The van der Waals surface area contributed by atoms with Crippen LogP contribution in [0.15, 0.2) is 6.07 Å². The van der Waals surface area contributed by atoms with Crippen molar-refractivity contribution in [3.8, 4) is 0 Å². The van der Waals surface area contributed by atoms with Crippen molar-refractivity contribution in [3.63, 3.8) is 0 Å². The second-order valence-electron chi connectivity index (χ2n) is 5.70. The highest BCUT2D eigenvalue weighted by Crippen LogP contribution is 2.35. The monoisotopic (exact) mass is 293 g/mol. The number of hydrogen-bond acceptors (Lipinski definition) is 3. The lowest BCUT2D eigenvalue weighted by atomic mass is 9.84. The third-order valence-corrected chi connectivity index (χ3v) is 4.31. The molecule has 0 aliphatic heterocycles. The molecule has 6 nitrogen and oxygen atoms in total. The molecule has 0 bridgehead atoms. The van der Waals surface area contributed by atoms with Gasteiger partial charge in [-0.25, -0.2) is 0 Å². The Balaban J connectivity index is 2.33. The van der Waals surface area contributed by atoms with E-state index >= 15 is 0 Å². The first-order chi connectivity index (χ1) is 10.0. The van der Waals surface area contributed by atoms with Gasteiger partial charge >= 0.3 is 5.97 Å². The van der Waals surface area contributed by atoms with Crippen LogP contribution >= 0.6 is 0 Å². The zero-order chi connectivity index (χ0) is 15.4.